The highest BCUT2D eigenvalue weighted by molar-refractivity contribution is 5.91. The van der Waals surface area contributed by atoms with Crippen LogP contribution in [0.4, 0.5) is 0 Å². The highest BCUT2D eigenvalue weighted by atomic mass is 16.7. The second-order valence-corrected chi connectivity index (χ2v) is 3.07. The number of aromatic hydroxyl groups is 3. The maximum absolute atomic E-state index is 11.4. The van der Waals surface area contributed by atoms with E-state index in [1.807, 2.05) is 0 Å². The number of rotatable bonds is 3. The molecule has 0 amide bonds. The Labute approximate surface area is 91.7 Å². The number of esters is 1. The van der Waals surface area contributed by atoms with Gasteiger partial charge in [-0.25, -0.2) is 4.79 Å². The van der Waals surface area contributed by atoms with Gasteiger partial charge in [-0.3, -0.25) is 0 Å². The first-order valence-corrected chi connectivity index (χ1v) is 4.44. The topological polar surface area (TPSA) is 96.2 Å². The Kier molecular flexibility index (Phi) is 3.57. The Balaban J connectivity index is 2.93. The van der Waals surface area contributed by atoms with E-state index in [0.717, 1.165) is 12.1 Å². The molecule has 1 unspecified atom stereocenters. The van der Waals surface area contributed by atoms with Crippen LogP contribution in [0.1, 0.15) is 17.3 Å². The van der Waals surface area contributed by atoms with Gasteiger partial charge in [-0.1, -0.05) is 0 Å². The first-order chi connectivity index (χ1) is 7.45. The molecule has 0 saturated carbocycles. The fourth-order valence-corrected chi connectivity index (χ4v) is 0.989. The normalized spacial score (nSPS) is 12.1. The van der Waals surface area contributed by atoms with Gasteiger partial charge in [-0.2, -0.15) is 0 Å². The summed E-state index contributed by atoms with van der Waals surface area (Å²) in [6.45, 7) is 1.51. The Hall–Kier alpha value is -1.95. The zero-order chi connectivity index (χ0) is 12.3. The van der Waals surface area contributed by atoms with Gasteiger partial charge >= 0.3 is 5.97 Å². The number of methoxy groups -OCH3 is 1. The first-order valence-electron chi connectivity index (χ1n) is 4.44. The molecule has 0 aliphatic rings. The fraction of sp³-hybridized carbons (Fsp3) is 0.300. The summed E-state index contributed by atoms with van der Waals surface area (Å²) >= 11 is 0. The average molecular weight is 228 g/mol. The van der Waals surface area contributed by atoms with Gasteiger partial charge in [0.1, 0.15) is 0 Å². The summed E-state index contributed by atoms with van der Waals surface area (Å²) in [7, 11) is 1.36. The van der Waals surface area contributed by atoms with Crippen LogP contribution in [0, 0.1) is 0 Å². The largest absolute Gasteiger partial charge is 0.504 e. The zero-order valence-corrected chi connectivity index (χ0v) is 8.80. The Morgan fingerprint density at radius 1 is 1.25 bits per heavy atom. The van der Waals surface area contributed by atoms with Crippen LogP contribution in [-0.4, -0.2) is 34.7 Å². The van der Waals surface area contributed by atoms with Gasteiger partial charge in [0.25, 0.3) is 0 Å². The maximum atomic E-state index is 11.4. The summed E-state index contributed by atoms with van der Waals surface area (Å²) in [6, 6.07) is 1.97. The lowest BCUT2D eigenvalue weighted by Crippen LogP contribution is -2.16. The van der Waals surface area contributed by atoms with E-state index in [4.69, 9.17) is 14.6 Å². The molecule has 1 aromatic carbocycles. The molecular weight excluding hydrogens is 216 g/mol. The van der Waals surface area contributed by atoms with E-state index in [0.29, 0.717) is 0 Å². The second-order valence-electron chi connectivity index (χ2n) is 3.07. The molecule has 0 aliphatic carbocycles. The highest BCUT2D eigenvalue weighted by Crippen LogP contribution is 2.35. The average Bonchev–Trinajstić information content (AvgIpc) is 2.24. The van der Waals surface area contributed by atoms with E-state index in [-0.39, 0.29) is 5.56 Å². The molecule has 0 fully saturated rings. The molecule has 0 spiro atoms. The molecule has 3 N–H and O–H groups in total. The Morgan fingerprint density at radius 3 is 2.19 bits per heavy atom. The highest BCUT2D eigenvalue weighted by Gasteiger charge is 2.16. The minimum Gasteiger partial charge on any atom is -0.504 e. The van der Waals surface area contributed by atoms with Crippen molar-refractivity contribution < 1.29 is 29.6 Å². The maximum Gasteiger partial charge on any atom is 0.340 e. The van der Waals surface area contributed by atoms with E-state index in [1.54, 1.807) is 0 Å². The molecule has 6 heteroatoms. The van der Waals surface area contributed by atoms with E-state index in [9.17, 15) is 15.0 Å². The lowest BCUT2D eigenvalue weighted by Gasteiger charge is -2.11. The van der Waals surface area contributed by atoms with Crippen molar-refractivity contribution in [2.24, 2.45) is 0 Å². The van der Waals surface area contributed by atoms with Crippen LogP contribution in [0.3, 0.4) is 0 Å². The molecular formula is C10H12O6. The van der Waals surface area contributed by atoms with Crippen molar-refractivity contribution in [1.82, 2.24) is 0 Å². The molecule has 1 rings (SSSR count). The van der Waals surface area contributed by atoms with Gasteiger partial charge in [-0.05, 0) is 19.1 Å². The molecule has 1 atom stereocenters. The summed E-state index contributed by atoms with van der Waals surface area (Å²) in [6.07, 6.45) is -0.745. The van der Waals surface area contributed by atoms with Crippen LogP contribution in [0.25, 0.3) is 0 Å². The lowest BCUT2D eigenvalue weighted by molar-refractivity contribution is -0.0773. The summed E-state index contributed by atoms with van der Waals surface area (Å²) < 4.78 is 9.48. The first kappa shape index (κ1) is 12.1. The standard InChI is InChI=1S/C10H12O6/c1-5(15-2)16-10(14)6-3-7(11)9(13)8(12)4-6/h3-5,11-13H,1-2H3. The minimum absolute atomic E-state index is 0.0864. The third-order valence-corrected chi connectivity index (χ3v) is 1.91. The number of phenols is 3. The van der Waals surface area contributed by atoms with E-state index in [2.05, 4.69) is 0 Å². The van der Waals surface area contributed by atoms with Crippen LogP contribution in [0.2, 0.25) is 0 Å². The van der Waals surface area contributed by atoms with Gasteiger partial charge in [0, 0.05) is 7.11 Å². The van der Waals surface area contributed by atoms with E-state index < -0.39 is 29.5 Å². The Morgan fingerprint density at radius 2 is 1.75 bits per heavy atom. The van der Waals surface area contributed by atoms with Crippen LogP contribution in [0.5, 0.6) is 17.2 Å². The monoisotopic (exact) mass is 228 g/mol. The number of phenolic OH excluding ortho intramolecular Hbond substituents is 3. The van der Waals surface area contributed by atoms with Gasteiger partial charge in [-0.15, -0.1) is 0 Å². The second kappa shape index (κ2) is 4.71. The molecule has 0 radical (unpaired) electrons. The van der Waals surface area contributed by atoms with Crippen molar-refractivity contribution in [1.29, 1.82) is 0 Å². The molecule has 0 aromatic heterocycles. The van der Waals surface area contributed by atoms with Crippen LogP contribution in [0.15, 0.2) is 12.1 Å². The van der Waals surface area contributed by atoms with E-state index in [1.165, 1.54) is 14.0 Å². The molecule has 6 nitrogen and oxygen atoms in total. The van der Waals surface area contributed by atoms with Crippen LogP contribution < -0.4 is 0 Å². The van der Waals surface area contributed by atoms with Crippen LogP contribution in [-0.2, 0) is 9.47 Å². The summed E-state index contributed by atoms with van der Waals surface area (Å²) in [5.74, 6) is -2.66. The number of benzene rings is 1. The predicted molar refractivity (Wildman–Crippen MR) is 53.3 cm³/mol. The SMILES string of the molecule is COC(C)OC(=O)c1cc(O)c(O)c(O)c1. The molecule has 16 heavy (non-hydrogen) atoms. The van der Waals surface area contributed by atoms with Crippen molar-refractivity contribution in [2.75, 3.05) is 7.11 Å². The lowest BCUT2D eigenvalue weighted by atomic mass is 10.2. The Bertz CT molecular complexity index is 377. The number of hydrogen-bond donors (Lipinski definition) is 3. The van der Waals surface area contributed by atoms with Crippen LogP contribution >= 0.6 is 0 Å². The van der Waals surface area contributed by atoms with Gasteiger partial charge < -0.3 is 24.8 Å². The third kappa shape index (κ3) is 2.54. The zero-order valence-electron chi connectivity index (χ0n) is 8.80. The smallest absolute Gasteiger partial charge is 0.340 e. The summed E-state index contributed by atoms with van der Waals surface area (Å²) in [4.78, 5) is 11.4. The number of carbonyl (C=O) groups excluding carboxylic acids is 1. The van der Waals surface area contributed by atoms with Crippen molar-refractivity contribution in [2.45, 2.75) is 13.2 Å². The third-order valence-electron chi connectivity index (χ3n) is 1.91. The van der Waals surface area contributed by atoms with E-state index >= 15 is 0 Å². The van der Waals surface area contributed by atoms with Gasteiger partial charge in [0.15, 0.2) is 23.5 Å². The van der Waals surface area contributed by atoms with Gasteiger partial charge in [0.2, 0.25) is 0 Å². The fourth-order valence-electron chi connectivity index (χ4n) is 0.989. The van der Waals surface area contributed by atoms with Crippen molar-refractivity contribution in [3.63, 3.8) is 0 Å². The van der Waals surface area contributed by atoms with Crippen molar-refractivity contribution in [3.8, 4) is 17.2 Å². The molecule has 0 bridgehead atoms. The molecule has 0 heterocycles. The quantitative estimate of drug-likeness (QED) is 0.405. The minimum atomic E-state index is -0.778. The number of hydrogen-bond acceptors (Lipinski definition) is 6. The molecule has 1 aromatic rings. The summed E-state index contributed by atoms with van der Waals surface area (Å²) in [5, 5.41) is 27.4. The molecule has 0 saturated heterocycles. The number of carbonyl (C=O) groups is 1. The van der Waals surface area contributed by atoms with Crippen molar-refractivity contribution >= 4 is 5.97 Å². The summed E-state index contributed by atoms with van der Waals surface area (Å²) in [5.41, 5.74) is -0.0864. The molecule has 88 valence electrons. The molecule has 0 aliphatic heterocycles. The number of ether oxygens (including phenoxy) is 2. The van der Waals surface area contributed by atoms with Gasteiger partial charge in [0.05, 0.1) is 5.56 Å². The predicted octanol–water partition coefficient (Wildman–Crippen LogP) is 0.953. The van der Waals surface area contributed by atoms with Crippen molar-refractivity contribution in [3.05, 3.63) is 17.7 Å².